The van der Waals surface area contributed by atoms with Crippen LogP contribution in [0.25, 0.3) is 0 Å². The van der Waals surface area contributed by atoms with Gasteiger partial charge in [-0.25, -0.2) is 4.39 Å². The zero-order valence-electron chi connectivity index (χ0n) is 9.90. The van der Waals surface area contributed by atoms with E-state index in [1.54, 1.807) is 6.92 Å². The molecule has 0 N–H and O–H groups in total. The third-order valence-electron chi connectivity index (χ3n) is 2.61. The van der Waals surface area contributed by atoms with Crippen LogP contribution in [0.5, 0.6) is 0 Å². The van der Waals surface area contributed by atoms with Gasteiger partial charge in [0.2, 0.25) is 0 Å². The number of hydrogen-bond donors (Lipinski definition) is 0. The largest absolute Gasteiger partial charge is 0.353 e. The highest BCUT2D eigenvalue weighted by Gasteiger charge is 2.27. The Hall–Kier alpha value is -1.53. The van der Waals surface area contributed by atoms with Crippen molar-refractivity contribution in [1.29, 1.82) is 0 Å². The third-order valence-corrected chi connectivity index (χ3v) is 2.61. The van der Waals surface area contributed by atoms with Crippen molar-refractivity contribution in [3.05, 3.63) is 39.7 Å². The van der Waals surface area contributed by atoms with Crippen LogP contribution in [0, 0.1) is 15.9 Å². The van der Waals surface area contributed by atoms with Gasteiger partial charge in [-0.2, -0.15) is 0 Å². The van der Waals surface area contributed by atoms with Crippen LogP contribution >= 0.6 is 0 Å². The van der Waals surface area contributed by atoms with Gasteiger partial charge in [-0.3, -0.25) is 10.1 Å². The van der Waals surface area contributed by atoms with Crippen LogP contribution in [0.15, 0.2) is 18.2 Å². The first kappa shape index (κ1) is 13.5. The maximum Gasteiger partial charge on any atom is 0.272 e. The Labute approximate surface area is 98.3 Å². The van der Waals surface area contributed by atoms with Crippen LogP contribution < -0.4 is 0 Å². The van der Waals surface area contributed by atoms with Crippen molar-refractivity contribution in [3.8, 4) is 0 Å². The van der Waals surface area contributed by atoms with Gasteiger partial charge in [0.25, 0.3) is 5.69 Å². The molecule has 0 saturated carbocycles. The van der Waals surface area contributed by atoms with Crippen molar-refractivity contribution in [2.45, 2.75) is 19.1 Å². The van der Waals surface area contributed by atoms with Gasteiger partial charge in [-0.1, -0.05) is 0 Å². The quantitative estimate of drug-likeness (QED) is 0.452. The Morgan fingerprint density at radius 3 is 2.47 bits per heavy atom. The van der Waals surface area contributed by atoms with E-state index in [9.17, 15) is 14.5 Å². The van der Waals surface area contributed by atoms with Gasteiger partial charge < -0.3 is 9.47 Å². The molecule has 0 unspecified atom stereocenters. The number of ether oxygens (including phenoxy) is 2. The monoisotopic (exact) mass is 243 g/mol. The molecule has 0 aromatic heterocycles. The molecule has 1 aromatic carbocycles. The van der Waals surface area contributed by atoms with E-state index in [1.165, 1.54) is 14.2 Å². The molecule has 0 saturated heterocycles. The molecule has 17 heavy (non-hydrogen) atoms. The summed E-state index contributed by atoms with van der Waals surface area (Å²) in [6.07, 6.45) is 0.0913. The first-order valence-electron chi connectivity index (χ1n) is 4.95. The van der Waals surface area contributed by atoms with E-state index in [-0.39, 0.29) is 17.7 Å². The number of rotatable bonds is 5. The fraction of sp³-hybridized carbons (Fsp3) is 0.455. The first-order valence-corrected chi connectivity index (χ1v) is 4.95. The highest BCUT2D eigenvalue weighted by molar-refractivity contribution is 5.41. The van der Waals surface area contributed by atoms with E-state index < -0.39 is 16.5 Å². The highest BCUT2D eigenvalue weighted by Crippen LogP contribution is 2.26. The zero-order valence-corrected chi connectivity index (χ0v) is 9.90. The molecule has 0 amide bonds. The van der Waals surface area contributed by atoms with Crippen molar-refractivity contribution in [2.24, 2.45) is 0 Å². The van der Waals surface area contributed by atoms with Crippen LogP contribution in [-0.2, 0) is 15.9 Å². The molecule has 0 bridgehead atoms. The Bertz CT molecular complexity index is 418. The summed E-state index contributed by atoms with van der Waals surface area (Å²) in [6.45, 7) is 1.63. The molecule has 0 aliphatic heterocycles. The fourth-order valence-corrected chi connectivity index (χ4v) is 1.45. The average Bonchev–Trinajstić information content (AvgIpc) is 2.28. The van der Waals surface area contributed by atoms with Crippen LogP contribution in [0.2, 0.25) is 0 Å². The number of halogens is 1. The summed E-state index contributed by atoms with van der Waals surface area (Å²) in [5.41, 5.74) is 0.0907. The standard InChI is InChI=1S/C11H14FNO4/c1-11(16-2,17-3)7-8-6-9(12)4-5-10(8)13(14)15/h4-6H,7H2,1-3H3. The molecule has 0 aliphatic carbocycles. The van der Waals surface area contributed by atoms with Crippen LogP contribution in [0.4, 0.5) is 10.1 Å². The van der Waals surface area contributed by atoms with Crippen LogP contribution in [0.3, 0.4) is 0 Å². The van der Waals surface area contributed by atoms with Gasteiger partial charge in [0.05, 0.1) is 4.92 Å². The Morgan fingerprint density at radius 1 is 1.41 bits per heavy atom. The average molecular weight is 243 g/mol. The number of nitro groups is 1. The number of nitrogens with zero attached hydrogens (tertiary/aromatic N) is 1. The second-order valence-corrected chi connectivity index (χ2v) is 3.75. The summed E-state index contributed by atoms with van der Waals surface area (Å²) >= 11 is 0. The van der Waals surface area contributed by atoms with E-state index in [2.05, 4.69) is 0 Å². The van der Waals surface area contributed by atoms with E-state index in [0.29, 0.717) is 0 Å². The van der Waals surface area contributed by atoms with Crippen LogP contribution in [-0.4, -0.2) is 24.9 Å². The molecular formula is C11H14FNO4. The highest BCUT2D eigenvalue weighted by atomic mass is 19.1. The molecule has 1 aromatic rings. The lowest BCUT2D eigenvalue weighted by Crippen LogP contribution is -2.32. The molecule has 0 fully saturated rings. The molecule has 0 atom stereocenters. The minimum Gasteiger partial charge on any atom is -0.353 e. The van der Waals surface area contributed by atoms with Gasteiger partial charge in [-0.15, -0.1) is 0 Å². The minimum atomic E-state index is -1.02. The minimum absolute atomic E-state index is 0.0913. The summed E-state index contributed by atoms with van der Waals surface area (Å²) in [5.74, 6) is -1.54. The molecule has 5 nitrogen and oxygen atoms in total. The van der Waals surface area contributed by atoms with Gasteiger partial charge in [0, 0.05) is 32.3 Å². The van der Waals surface area contributed by atoms with Crippen molar-refractivity contribution >= 4 is 5.69 Å². The summed E-state index contributed by atoms with van der Waals surface area (Å²) in [7, 11) is 2.85. The summed E-state index contributed by atoms with van der Waals surface area (Å²) in [6, 6.07) is 3.31. The fourth-order valence-electron chi connectivity index (χ4n) is 1.45. The molecular weight excluding hydrogens is 229 g/mol. The molecule has 6 heteroatoms. The summed E-state index contributed by atoms with van der Waals surface area (Å²) < 4.78 is 23.3. The Kier molecular flexibility index (Phi) is 4.14. The molecule has 0 heterocycles. The lowest BCUT2D eigenvalue weighted by Gasteiger charge is -2.26. The molecule has 1 rings (SSSR count). The SMILES string of the molecule is COC(C)(Cc1cc(F)ccc1[N+](=O)[O-])OC. The second-order valence-electron chi connectivity index (χ2n) is 3.75. The van der Waals surface area contributed by atoms with E-state index in [4.69, 9.17) is 9.47 Å². The maximum atomic E-state index is 13.1. The van der Waals surface area contributed by atoms with Gasteiger partial charge in [-0.05, 0) is 19.1 Å². The number of methoxy groups -OCH3 is 2. The Morgan fingerprint density at radius 2 is 2.00 bits per heavy atom. The normalized spacial score (nSPS) is 11.5. The van der Waals surface area contributed by atoms with Crippen molar-refractivity contribution in [3.63, 3.8) is 0 Å². The molecule has 0 spiro atoms. The summed E-state index contributed by atoms with van der Waals surface area (Å²) in [5, 5.41) is 10.8. The van der Waals surface area contributed by atoms with E-state index in [0.717, 1.165) is 18.2 Å². The number of hydrogen-bond acceptors (Lipinski definition) is 4. The molecule has 94 valence electrons. The third kappa shape index (κ3) is 3.21. The van der Waals surface area contributed by atoms with E-state index >= 15 is 0 Å². The topological polar surface area (TPSA) is 61.6 Å². The Balaban J connectivity index is 3.12. The molecule has 0 radical (unpaired) electrons. The second kappa shape index (κ2) is 5.20. The predicted octanol–water partition coefficient (Wildman–Crippen LogP) is 2.29. The first-order chi connectivity index (χ1) is 7.91. The number of nitro benzene ring substituents is 1. The maximum absolute atomic E-state index is 13.1. The van der Waals surface area contributed by atoms with E-state index in [1.807, 2.05) is 0 Å². The lowest BCUT2D eigenvalue weighted by molar-refractivity contribution is -0.386. The van der Waals surface area contributed by atoms with Crippen LogP contribution in [0.1, 0.15) is 12.5 Å². The predicted molar refractivity (Wildman–Crippen MR) is 59.2 cm³/mol. The summed E-state index contributed by atoms with van der Waals surface area (Å²) in [4.78, 5) is 10.2. The van der Waals surface area contributed by atoms with Crippen molar-refractivity contribution in [1.82, 2.24) is 0 Å². The van der Waals surface area contributed by atoms with Gasteiger partial charge in [0.15, 0.2) is 5.79 Å². The smallest absolute Gasteiger partial charge is 0.272 e. The number of benzene rings is 1. The van der Waals surface area contributed by atoms with Gasteiger partial charge >= 0.3 is 0 Å². The molecule has 0 aliphatic rings. The lowest BCUT2D eigenvalue weighted by atomic mass is 10.0. The zero-order chi connectivity index (χ0) is 13.1. The van der Waals surface area contributed by atoms with Gasteiger partial charge in [0.1, 0.15) is 5.82 Å². The van der Waals surface area contributed by atoms with Crippen molar-refractivity contribution < 1.29 is 18.8 Å². The van der Waals surface area contributed by atoms with Crippen molar-refractivity contribution in [2.75, 3.05) is 14.2 Å².